The van der Waals surface area contributed by atoms with Crippen LogP contribution in [0.2, 0.25) is 10.0 Å². The summed E-state index contributed by atoms with van der Waals surface area (Å²) in [5.41, 5.74) is 4.54. The molecule has 0 radical (unpaired) electrons. The summed E-state index contributed by atoms with van der Waals surface area (Å²) in [4.78, 5) is 4.57. The molecule has 3 aromatic carbocycles. The number of nitrogens with zero attached hydrogens (tertiary/aromatic N) is 1. The Hall–Kier alpha value is -2.29. The molecular formula is C19H11Cl2NO. The first-order chi connectivity index (χ1) is 11.2. The van der Waals surface area contributed by atoms with E-state index in [2.05, 4.69) is 17.1 Å². The van der Waals surface area contributed by atoms with Crippen LogP contribution in [-0.2, 0) is 0 Å². The molecule has 0 saturated carbocycles. The first kappa shape index (κ1) is 14.3. The molecule has 1 heterocycles. The quantitative estimate of drug-likeness (QED) is 0.418. The fourth-order valence-electron chi connectivity index (χ4n) is 2.54. The van der Waals surface area contributed by atoms with Crippen molar-refractivity contribution in [3.63, 3.8) is 0 Å². The molecule has 1 aromatic heterocycles. The molecule has 0 saturated heterocycles. The molecule has 0 N–H and O–H groups in total. The Morgan fingerprint density at radius 3 is 2.17 bits per heavy atom. The smallest absolute Gasteiger partial charge is 0.227 e. The van der Waals surface area contributed by atoms with E-state index in [1.165, 1.54) is 0 Å². The highest BCUT2D eigenvalue weighted by molar-refractivity contribution is 6.35. The van der Waals surface area contributed by atoms with Gasteiger partial charge in [0, 0.05) is 15.6 Å². The van der Waals surface area contributed by atoms with E-state index in [9.17, 15) is 0 Å². The zero-order chi connectivity index (χ0) is 15.8. The van der Waals surface area contributed by atoms with Crippen LogP contribution in [0.5, 0.6) is 0 Å². The molecule has 0 fully saturated rings. The summed E-state index contributed by atoms with van der Waals surface area (Å²) < 4.78 is 5.83. The second kappa shape index (κ2) is 5.73. The molecule has 4 rings (SSSR count). The van der Waals surface area contributed by atoms with Gasteiger partial charge in [0.15, 0.2) is 5.58 Å². The summed E-state index contributed by atoms with van der Waals surface area (Å²) in [6, 6.07) is 21.4. The lowest BCUT2D eigenvalue weighted by Gasteiger charge is -1.99. The summed E-state index contributed by atoms with van der Waals surface area (Å²) in [6.07, 6.45) is 0. The predicted molar refractivity (Wildman–Crippen MR) is 94.9 cm³/mol. The van der Waals surface area contributed by atoms with Gasteiger partial charge in [-0.15, -0.1) is 0 Å². The number of aromatic nitrogens is 1. The topological polar surface area (TPSA) is 26.0 Å². The molecule has 0 bridgehead atoms. The van der Waals surface area contributed by atoms with Crippen LogP contribution >= 0.6 is 23.2 Å². The van der Waals surface area contributed by atoms with Gasteiger partial charge < -0.3 is 4.42 Å². The third-order valence-electron chi connectivity index (χ3n) is 3.60. The second-order valence-corrected chi connectivity index (χ2v) is 6.10. The van der Waals surface area contributed by atoms with Crippen LogP contribution in [0.3, 0.4) is 0 Å². The monoisotopic (exact) mass is 339 g/mol. The maximum absolute atomic E-state index is 6.05. The molecule has 0 aliphatic heterocycles. The van der Waals surface area contributed by atoms with Gasteiger partial charge in [0.05, 0.1) is 0 Å². The van der Waals surface area contributed by atoms with Gasteiger partial charge in [-0.2, -0.15) is 0 Å². The van der Waals surface area contributed by atoms with E-state index in [0.29, 0.717) is 15.9 Å². The van der Waals surface area contributed by atoms with Crippen molar-refractivity contribution in [3.05, 3.63) is 76.8 Å². The van der Waals surface area contributed by atoms with Crippen LogP contribution < -0.4 is 0 Å². The van der Waals surface area contributed by atoms with Gasteiger partial charge in [-0.05, 0) is 41.5 Å². The van der Waals surface area contributed by atoms with Crippen molar-refractivity contribution in [1.29, 1.82) is 0 Å². The van der Waals surface area contributed by atoms with Gasteiger partial charge in [-0.25, -0.2) is 4.98 Å². The third-order valence-corrected chi connectivity index (χ3v) is 4.04. The Labute approximate surface area is 143 Å². The van der Waals surface area contributed by atoms with Crippen molar-refractivity contribution >= 4 is 34.3 Å². The van der Waals surface area contributed by atoms with Gasteiger partial charge in [-0.3, -0.25) is 0 Å². The third kappa shape index (κ3) is 2.83. The molecule has 2 nitrogen and oxygen atoms in total. The summed E-state index contributed by atoms with van der Waals surface area (Å²) in [7, 11) is 0. The maximum Gasteiger partial charge on any atom is 0.227 e. The van der Waals surface area contributed by atoms with Crippen molar-refractivity contribution in [2.75, 3.05) is 0 Å². The molecular weight excluding hydrogens is 329 g/mol. The molecule has 4 heteroatoms. The average Bonchev–Trinajstić information content (AvgIpc) is 2.98. The van der Waals surface area contributed by atoms with Crippen LogP contribution in [0.1, 0.15) is 0 Å². The average molecular weight is 340 g/mol. The minimum absolute atomic E-state index is 0.509. The van der Waals surface area contributed by atoms with E-state index < -0.39 is 0 Å². The van der Waals surface area contributed by atoms with Crippen molar-refractivity contribution in [2.45, 2.75) is 0 Å². The Bertz CT molecular complexity index is 973. The fourth-order valence-corrected chi connectivity index (χ4v) is 3.06. The molecule has 0 spiro atoms. The van der Waals surface area contributed by atoms with Crippen molar-refractivity contribution in [1.82, 2.24) is 4.98 Å². The number of fused-ring (bicyclic) bond motifs is 1. The van der Waals surface area contributed by atoms with Gasteiger partial charge in [-0.1, -0.05) is 59.6 Å². The van der Waals surface area contributed by atoms with Crippen LogP contribution in [0.25, 0.3) is 33.7 Å². The van der Waals surface area contributed by atoms with E-state index in [0.717, 1.165) is 27.8 Å². The lowest BCUT2D eigenvalue weighted by molar-refractivity contribution is 0.620. The van der Waals surface area contributed by atoms with E-state index in [-0.39, 0.29) is 0 Å². The van der Waals surface area contributed by atoms with Crippen LogP contribution in [0.15, 0.2) is 71.1 Å². The lowest BCUT2D eigenvalue weighted by atomic mass is 10.1. The Kier molecular flexibility index (Phi) is 3.56. The van der Waals surface area contributed by atoms with Gasteiger partial charge in [0.2, 0.25) is 5.89 Å². The minimum atomic E-state index is 0.509. The highest BCUT2D eigenvalue weighted by atomic mass is 35.5. The molecule has 0 unspecified atom stereocenters. The van der Waals surface area contributed by atoms with Crippen molar-refractivity contribution in [3.8, 4) is 22.6 Å². The largest absolute Gasteiger partial charge is 0.436 e. The number of rotatable bonds is 2. The van der Waals surface area contributed by atoms with E-state index in [1.54, 1.807) is 18.2 Å². The standard InChI is InChI=1S/C19H11Cl2NO/c20-15-8-14(9-16(21)11-15)19-22-17-10-13(6-7-18(17)23-19)12-4-2-1-3-5-12/h1-11H. The van der Waals surface area contributed by atoms with Crippen molar-refractivity contribution in [2.24, 2.45) is 0 Å². The summed E-state index contributed by atoms with van der Waals surface area (Å²) in [5, 5.41) is 1.11. The van der Waals surface area contributed by atoms with Gasteiger partial charge in [0.25, 0.3) is 0 Å². The zero-order valence-corrected chi connectivity index (χ0v) is 13.5. The normalized spacial score (nSPS) is 11.0. The van der Waals surface area contributed by atoms with Crippen LogP contribution in [0, 0.1) is 0 Å². The molecule has 0 aliphatic carbocycles. The highest BCUT2D eigenvalue weighted by Crippen LogP contribution is 2.31. The minimum Gasteiger partial charge on any atom is -0.436 e. The molecule has 0 atom stereocenters. The Balaban J connectivity index is 1.82. The van der Waals surface area contributed by atoms with E-state index >= 15 is 0 Å². The Morgan fingerprint density at radius 2 is 1.43 bits per heavy atom. The molecule has 23 heavy (non-hydrogen) atoms. The maximum atomic E-state index is 6.05. The van der Waals surface area contributed by atoms with E-state index in [4.69, 9.17) is 27.6 Å². The predicted octanol–water partition coefficient (Wildman–Crippen LogP) is 6.47. The zero-order valence-electron chi connectivity index (χ0n) is 12.0. The van der Waals surface area contributed by atoms with Crippen LogP contribution in [0.4, 0.5) is 0 Å². The number of hydrogen-bond acceptors (Lipinski definition) is 2. The summed E-state index contributed by atoms with van der Waals surface area (Å²) in [6.45, 7) is 0. The molecule has 112 valence electrons. The number of halogens is 2. The lowest BCUT2D eigenvalue weighted by Crippen LogP contribution is -1.79. The van der Waals surface area contributed by atoms with Gasteiger partial charge in [0.1, 0.15) is 5.52 Å². The first-order valence-corrected chi connectivity index (χ1v) is 7.87. The molecule has 0 aliphatic rings. The second-order valence-electron chi connectivity index (χ2n) is 5.23. The van der Waals surface area contributed by atoms with Crippen LogP contribution in [-0.4, -0.2) is 4.98 Å². The Morgan fingerprint density at radius 1 is 0.696 bits per heavy atom. The number of benzene rings is 3. The fraction of sp³-hybridized carbons (Fsp3) is 0. The van der Waals surface area contributed by atoms with E-state index in [1.807, 2.05) is 36.4 Å². The first-order valence-electron chi connectivity index (χ1n) is 7.11. The number of hydrogen-bond donors (Lipinski definition) is 0. The number of oxazole rings is 1. The molecule has 0 amide bonds. The molecule has 4 aromatic rings. The summed E-state index contributed by atoms with van der Waals surface area (Å²) in [5.74, 6) is 0.509. The highest BCUT2D eigenvalue weighted by Gasteiger charge is 2.11. The summed E-state index contributed by atoms with van der Waals surface area (Å²) >= 11 is 12.1. The van der Waals surface area contributed by atoms with Crippen molar-refractivity contribution < 1.29 is 4.42 Å². The van der Waals surface area contributed by atoms with Gasteiger partial charge >= 0.3 is 0 Å². The SMILES string of the molecule is Clc1cc(Cl)cc(-c2nc3cc(-c4ccccc4)ccc3o2)c1.